The number of anilines is 8. The molecule has 0 amide bonds. The predicted molar refractivity (Wildman–Crippen MR) is 468 cm³/mol. The molecule has 2 aromatic heterocycles. The van der Waals surface area contributed by atoms with Crippen LogP contribution in [0.15, 0.2) is 342 Å². The van der Waals surface area contributed by atoms with Gasteiger partial charge in [0.25, 0.3) is 0 Å². The van der Waals surface area contributed by atoms with Gasteiger partial charge in [-0.1, -0.05) is 223 Å². The van der Waals surface area contributed by atoms with Gasteiger partial charge in [-0.3, -0.25) is 0 Å². The molecule has 16 rings (SSSR count). The normalized spacial score (nSPS) is 10.4. The molecule has 0 atom stereocenters. The lowest BCUT2D eigenvalue weighted by molar-refractivity contribution is 0.419. The van der Waals surface area contributed by atoms with Crippen LogP contribution in [0, 0.1) is 15.2 Å². The van der Waals surface area contributed by atoms with Crippen molar-refractivity contribution in [1.82, 2.24) is 0 Å². The lowest BCUT2D eigenvalue weighted by atomic mass is 9.80. The van der Waals surface area contributed by atoms with Gasteiger partial charge >= 0.3 is 7.12 Å². The van der Waals surface area contributed by atoms with Crippen LogP contribution < -0.4 is 20.6 Å². The Morgan fingerprint density at radius 3 is 1.25 bits per heavy atom. The highest BCUT2D eigenvalue weighted by Crippen LogP contribution is 2.47. The number of nitrogens with one attached hydrogen (secondary N) is 1. The lowest BCUT2D eigenvalue weighted by Crippen LogP contribution is -2.29. The summed E-state index contributed by atoms with van der Waals surface area (Å²) in [4.78, 5) is 4.50. The van der Waals surface area contributed by atoms with Crippen LogP contribution in [0.2, 0.25) is 20.1 Å². The third-order valence-electron chi connectivity index (χ3n) is 15.7. The Bertz CT molecular complexity index is 5440. The molecular formula is C86H65BBr4Cl4F2IN3O6. The van der Waals surface area contributed by atoms with Crippen molar-refractivity contribution in [3.05, 3.63) is 369 Å². The number of hydrogen-bond acceptors (Lipinski definition) is 9. The first-order chi connectivity index (χ1) is 50.8. The molecule has 21 heteroatoms. The smallest absolute Gasteiger partial charge is 0.492 e. The van der Waals surface area contributed by atoms with Crippen molar-refractivity contribution in [1.29, 1.82) is 0 Å². The zero-order chi connectivity index (χ0) is 74.1. The second-order valence-corrected chi connectivity index (χ2v) is 29.1. The van der Waals surface area contributed by atoms with Gasteiger partial charge in [-0.15, -0.1) is 0 Å². The summed E-state index contributed by atoms with van der Waals surface area (Å²) in [5.41, 5.74) is 12.6. The first kappa shape index (κ1) is 82.4. The Balaban J connectivity index is 0.000000164. The molecule has 14 aromatic carbocycles. The van der Waals surface area contributed by atoms with Crippen LogP contribution in [0.1, 0.15) is 14.9 Å². The molecule has 0 bridgehead atoms. The highest BCUT2D eigenvalue weighted by atomic mass is 127. The molecule has 5 N–H and O–H groups in total. The van der Waals surface area contributed by atoms with Gasteiger partial charge in [0.05, 0.1) is 14.6 Å². The first-order valence-electron chi connectivity index (χ1n) is 32.0. The van der Waals surface area contributed by atoms with Gasteiger partial charge in [0, 0.05) is 123 Å². The van der Waals surface area contributed by atoms with Crippen molar-refractivity contribution < 1.29 is 37.9 Å². The number of halogens is 11. The molecule has 0 saturated carbocycles. The number of fused-ring (bicyclic) bond motifs is 6. The molecular weight excluding hydrogens is 1810 g/mol. The van der Waals surface area contributed by atoms with Crippen LogP contribution in [0.4, 0.5) is 54.3 Å². The standard InChI is InChI=1S/C36H25ClN2O.C12H5Br2ClO.C12H7BrClFO.C12H11N.C6H7BO3.C6H2BrClFI.2CH4/c37-26-23-33(39(29-17-9-3-10-18-29)30-19-11-4-12-20-30)36-32-25-31(21-22-34(32)40-35(36)24-26)38(27-13-5-1-6-14-27)28-15-7-2-8-16-28;13-6-1-2-10-8(3-6)12-9(14)4-7(15)5-11(12)16-10;13-9-5-7(14)6-10(15)12(9)8-3-1-2-4-11(8)16;1-3-7-11(8-4-1)13-12-9-5-2-6-10-12;8-6-4-2-1-3-5(6)7(9)10;7-4-1-3(8)2-5(9)6(4)10;;/h1-25H;1-5H;1-6,16H;1-10,13H;1-4,8-10H;1-2H;2*1H4. The van der Waals surface area contributed by atoms with E-state index in [0.717, 1.165) is 98.3 Å². The van der Waals surface area contributed by atoms with E-state index in [1.807, 2.05) is 150 Å². The molecule has 9 nitrogen and oxygen atoms in total. The van der Waals surface area contributed by atoms with Gasteiger partial charge in [0.1, 0.15) is 45.5 Å². The van der Waals surface area contributed by atoms with E-state index < -0.39 is 12.9 Å². The van der Waals surface area contributed by atoms with E-state index in [4.69, 9.17) is 70.4 Å². The van der Waals surface area contributed by atoms with Crippen molar-refractivity contribution in [2.75, 3.05) is 15.1 Å². The molecule has 540 valence electrons. The maximum atomic E-state index is 13.8. The highest BCUT2D eigenvalue weighted by Gasteiger charge is 2.23. The summed E-state index contributed by atoms with van der Waals surface area (Å²) >= 11 is 39.2. The van der Waals surface area contributed by atoms with Crippen molar-refractivity contribution in [3.63, 3.8) is 0 Å². The number of aromatic hydroxyl groups is 2. The molecule has 0 aliphatic heterocycles. The maximum Gasteiger partial charge on any atom is 0.492 e. The third-order valence-corrected chi connectivity index (χ3v) is 20.8. The predicted octanol–water partition coefficient (Wildman–Crippen LogP) is 29.2. The van der Waals surface area contributed by atoms with Crippen LogP contribution >= 0.6 is 133 Å². The Labute approximate surface area is 687 Å². The minimum Gasteiger partial charge on any atom is -0.508 e. The number of rotatable bonds is 10. The molecule has 2 heterocycles. The quantitative estimate of drug-likeness (QED) is 0.0394. The maximum absolute atomic E-state index is 13.8. The zero-order valence-corrected chi connectivity index (χ0v) is 66.3. The van der Waals surface area contributed by atoms with Crippen molar-refractivity contribution >= 4 is 235 Å². The van der Waals surface area contributed by atoms with Crippen molar-refractivity contribution in [2.45, 2.75) is 14.9 Å². The summed E-state index contributed by atoms with van der Waals surface area (Å²) in [6.07, 6.45) is 0. The molecule has 0 radical (unpaired) electrons. The van der Waals surface area contributed by atoms with Crippen molar-refractivity contribution in [3.8, 4) is 22.6 Å². The minimum absolute atomic E-state index is 0. The SMILES string of the molecule is C.C.Clc1cc(Br)c2c(c1)oc1ccc(Br)cc12.Clc1cc(N(c2ccccc2)c2ccccc2)c2c(c1)oc1ccc(N(c3ccccc3)c3ccccc3)cc12.Fc1cc(Cl)cc(Br)c1I.OB(O)c1ccccc1O.Oc1ccccc1-c1c(F)cc(Cl)cc1Br.c1ccc(Nc2ccccc2)cc1. The molecule has 0 aliphatic rings. The monoisotopic (exact) mass is 1870 g/mol. The largest absolute Gasteiger partial charge is 0.508 e. The third kappa shape index (κ3) is 21.4. The lowest BCUT2D eigenvalue weighted by Gasteiger charge is -2.27. The summed E-state index contributed by atoms with van der Waals surface area (Å²) in [7, 11) is -1.60. The number of phenolic OH excluding ortho intramolecular Hbond substituents is 2. The molecule has 16 aromatic rings. The van der Waals surface area contributed by atoms with Gasteiger partial charge in [0.2, 0.25) is 0 Å². The average Bonchev–Trinajstić information content (AvgIpc) is 1.64. The summed E-state index contributed by atoms with van der Waals surface area (Å²) in [5.74, 6) is -0.831. The molecule has 107 heavy (non-hydrogen) atoms. The topological polar surface area (TPSA) is 126 Å². The Kier molecular flexibility index (Phi) is 30.4. The Hall–Kier alpha value is -8.67. The van der Waals surface area contributed by atoms with Gasteiger partial charge < -0.3 is 44.2 Å². The van der Waals surface area contributed by atoms with Gasteiger partial charge in [-0.25, -0.2) is 8.78 Å². The van der Waals surface area contributed by atoms with E-state index in [9.17, 15) is 13.9 Å². The fourth-order valence-corrected chi connectivity index (χ4v) is 14.7. The van der Waals surface area contributed by atoms with E-state index in [1.54, 1.807) is 42.5 Å². The molecule has 0 fully saturated rings. The summed E-state index contributed by atoms with van der Waals surface area (Å²) < 4.78 is 42.4. The van der Waals surface area contributed by atoms with Gasteiger partial charge in [-0.05, 0) is 228 Å². The number of para-hydroxylation sites is 8. The van der Waals surface area contributed by atoms with Crippen LogP contribution in [-0.2, 0) is 0 Å². The summed E-state index contributed by atoms with van der Waals surface area (Å²) in [6, 6.07) is 100. The fourth-order valence-electron chi connectivity index (χ4n) is 11.1. The number of hydrogen-bond donors (Lipinski definition) is 5. The molecule has 0 unspecified atom stereocenters. The number of nitrogens with zero attached hydrogens (tertiary/aromatic N) is 2. The Morgan fingerprint density at radius 2 is 0.776 bits per heavy atom. The number of phenols is 2. The molecule has 0 spiro atoms. The Morgan fingerprint density at radius 1 is 0.374 bits per heavy atom. The van der Waals surface area contributed by atoms with E-state index in [-0.39, 0.29) is 37.6 Å². The second kappa shape index (κ2) is 39.4. The van der Waals surface area contributed by atoms with Crippen LogP contribution in [0.3, 0.4) is 0 Å². The molecule has 0 aliphatic carbocycles. The van der Waals surface area contributed by atoms with Crippen LogP contribution in [0.5, 0.6) is 11.5 Å². The van der Waals surface area contributed by atoms with E-state index in [2.05, 4.69) is 194 Å². The zero-order valence-electron chi connectivity index (χ0n) is 54.8. The average molecular weight is 1870 g/mol. The van der Waals surface area contributed by atoms with Gasteiger partial charge in [-0.2, -0.15) is 0 Å². The minimum atomic E-state index is -1.60. The molecule has 0 saturated heterocycles. The first-order valence-corrected chi connectivity index (χ1v) is 37.7. The van der Waals surface area contributed by atoms with Crippen LogP contribution in [-0.4, -0.2) is 27.4 Å². The van der Waals surface area contributed by atoms with Crippen LogP contribution in [0.25, 0.3) is 55.0 Å². The van der Waals surface area contributed by atoms with E-state index >= 15 is 0 Å². The summed E-state index contributed by atoms with van der Waals surface area (Å²) in [5, 5.41) is 45.3. The second-order valence-electron chi connectivity index (χ2n) is 22.8. The fraction of sp³-hybridized carbons (Fsp3) is 0.0233. The highest BCUT2D eigenvalue weighted by molar-refractivity contribution is 14.1. The number of furan rings is 2. The van der Waals surface area contributed by atoms with Gasteiger partial charge in [0.15, 0.2) is 0 Å². The van der Waals surface area contributed by atoms with E-state index in [0.29, 0.717) is 43.7 Å². The van der Waals surface area contributed by atoms with Crippen molar-refractivity contribution in [2.24, 2.45) is 0 Å². The number of benzene rings is 14. The van der Waals surface area contributed by atoms with E-state index in [1.165, 1.54) is 30.3 Å². The summed E-state index contributed by atoms with van der Waals surface area (Å²) in [6.45, 7) is 0.